The molecule has 0 aromatic rings. The summed E-state index contributed by atoms with van der Waals surface area (Å²) in [5.41, 5.74) is -2.97. The van der Waals surface area contributed by atoms with Crippen LogP contribution in [0, 0.1) is 0 Å². The fraction of sp³-hybridized carbons (Fsp3) is 0.500. The fourth-order valence-electron chi connectivity index (χ4n) is 0.684. The van der Waals surface area contributed by atoms with Crippen LogP contribution in [0.4, 0.5) is 0 Å². The number of carbonyl (C=O) groups is 3. The van der Waals surface area contributed by atoms with Crippen molar-refractivity contribution in [3.8, 4) is 0 Å². The number of hydrogen-bond donors (Lipinski definition) is 1. The van der Waals surface area contributed by atoms with Gasteiger partial charge in [0.05, 0.1) is 5.97 Å². The van der Waals surface area contributed by atoms with E-state index in [-0.39, 0.29) is 25.8 Å². The van der Waals surface area contributed by atoms with Gasteiger partial charge in [0.1, 0.15) is 5.60 Å². The van der Waals surface area contributed by atoms with Gasteiger partial charge in [-0.2, -0.15) is 0 Å². The van der Waals surface area contributed by atoms with Crippen LogP contribution in [-0.4, -0.2) is 54.5 Å². The Balaban J connectivity index is 0. The average molecular weight is 304 g/mol. The second-order valence-electron chi connectivity index (χ2n) is 2.42. The Labute approximate surface area is 97.1 Å². The number of aliphatic carboxylic acids is 3. The maximum Gasteiger partial charge on any atom is 3.00 e. The SMILES string of the molecule is O=C([O-])CC(O)(CC(=O)[O-])C(=O)[O-].[In+3]. The van der Waals surface area contributed by atoms with E-state index in [0.717, 1.165) is 0 Å². The van der Waals surface area contributed by atoms with E-state index in [0.29, 0.717) is 0 Å². The second kappa shape index (κ2) is 5.86. The van der Waals surface area contributed by atoms with Gasteiger partial charge in [-0.25, -0.2) is 0 Å². The molecule has 0 bridgehead atoms. The van der Waals surface area contributed by atoms with Crippen molar-refractivity contribution in [3.63, 3.8) is 0 Å². The molecule has 0 aromatic carbocycles. The summed E-state index contributed by atoms with van der Waals surface area (Å²) in [6, 6.07) is 0. The molecule has 0 saturated heterocycles. The van der Waals surface area contributed by atoms with E-state index in [1.54, 1.807) is 0 Å². The number of hydrogen-bond acceptors (Lipinski definition) is 7. The zero-order chi connectivity index (χ0) is 10.6. The molecule has 74 valence electrons. The van der Waals surface area contributed by atoms with Crippen LogP contribution in [0.25, 0.3) is 0 Å². The van der Waals surface area contributed by atoms with Gasteiger partial charge < -0.3 is 34.8 Å². The standard InChI is InChI=1S/C6H8O7.In/c7-3(8)1-6(13,5(11)12)2-4(9)10;/h13H,1-2H2,(H,7,8)(H,9,10)(H,11,12);/q;+3/p-3. The minimum Gasteiger partial charge on any atom is -0.550 e. The molecular weight excluding hydrogens is 299 g/mol. The van der Waals surface area contributed by atoms with Crippen LogP contribution in [0.1, 0.15) is 12.8 Å². The topological polar surface area (TPSA) is 141 Å². The first-order chi connectivity index (χ1) is 5.78. The smallest absolute Gasteiger partial charge is 0.550 e. The van der Waals surface area contributed by atoms with E-state index in [2.05, 4.69) is 0 Å². The summed E-state index contributed by atoms with van der Waals surface area (Å²) in [7, 11) is 0. The molecule has 14 heavy (non-hydrogen) atoms. The maximum atomic E-state index is 10.1. The minimum atomic E-state index is -2.97. The molecule has 0 aliphatic heterocycles. The van der Waals surface area contributed by atoms with E-state index >= 15 is 0 Å². The normalized spacial score (nSPS) is 10.1. The van der Waals surface area contributed by atoms with Gasteiger partial charge in [0.25, 0.3) is 0 Å². The molecule has 0 unspecified atom stereocenters. The molecule has 0 rings (SSSR count). The molecule has 0 fully saturated rings. The van der Waals surface area contributed by atoms with E-state index in [1.807, 2.05) is 0 Å². The second-order valence-corrected chi connectivity index (χ2v) is 2.42. The predicted molar refractivity (Wildman–Crippen MR) is 35.0 cm³/mol. The first-order valence-electron chi connectivity index (χ1n) is 3.11. The molecule has 7 nitrogen and oxygen atoms in total. The Morgan fingerprint density at radius 1 is 1.00 bits per heavy atom. The number of carboxylic acids is 3. The van der Waals surface area contributed by atoms with Crippen LogP contribution < -0.4 is 15.3 Å². The molecule has 8 heteroatoms. The van der Waals surface area contributed by atoms with Crippen molar-refractivity contribution in [2.45, 2.75) is 18.4 Å². The van der Waals surface area contributed by atoms with E-state index in [1.165, 1.54) is 0 Å². The summed E-state index contributed by atoms with van der Waals surface area (Å²) in [5.74, 6) is -5.98. The van der Waals surface area contributed by atoms with Crippen LogP contribution >= 0.6 is 0 Å². The fourth-order valence-corrected chi connectivity index (χ4v) is 0.684. The monoisotopic (exact) mass is 304 g/mol. The van der Waals surface area contributed by atoms with Crippen LogP contribution in [0.5, 0.6) is 0 Å². The largest absolute Gasteiger partial charge is 3.00 e. The van der Waals surface area contributed by atoms with Gasteiger partial charge in [-0.15, -0.1) is 0 Å². The third-order valence-corrected chi connectivity index (χ3v) is 1.25. The Morgan fingerprint density at radius 3 is 1.43 bits per heavy atom. The Kier molecular flexibility index (Phi) is 6.58. The molecule has 0 spiro atoms. The molecular formula is C6H5InO7. The first-order valence-corrected chi connectivity index (χ1v) is 3.11. The van der Waals surface area contributed by atoms with Crippen molar-refractivity contribution in [1.82, 2.24) is 0 Å². The summed E-state index contributed by atoms with van der Waals surface area (Å²) in [5, 5.41) is 38.9. The van der Waals surface area contributed by atoms with Crippen molar-refractivity contribution in [3.05, 3.63) is 0 Å². The molecule has 0 aliphatic rings. The molecule has 0 atom stereocenters. The summed E-state index contributed by atoms with van der Waals surface area (Å²) in [6.07, 6.45) is -2.72. The number of carbonyl (C=O) groups excluding carboxylic acids is 3. The van der Waals surface area contributed by atoms with Crippen molar-refractivity contribution in [1.29, 1.82) is 0 Å². The van der Waals surface area contributed by atoms with Crippen LogP contribution in [-0.2, 0) is 14.4 Å². The van der Waals surface area contributed by atoms with Gasteiger partial charge >= 0.3 is 25.8 Å². The number of rotatable bonds is 5. The molecule has 0 saturated carbocycles. The maximum absolute atomic E-state index is 10.1. The third kappa shape index (κ3) is 5.07. The predicted octanol–water partition coefficient (Wildman–Crippen LogP) is -5.63. The van der Waals surface area contributed by atoms with Gasteiger partial charge in [0, 0.05) is 24.8 Å². The summed E-state index contributed by atoms with van der Waals surface area (Å²) in [4.78, 5) is 30.0. The van der Waals surface area contributed by atoms with Gasteiger partial charge in [-0.1, -0.05) is 0 Å². The third-order valence-electron chi connectivity index (χ3n) is 1.25. The molecule has 1 N–H and O–H groups in total. The van der Waals surface area contributed by atoms with Crippen molar-refractivity contribution in [2.75, 3.05) is 0 Å². The van der Waals surface area contributed by atoms with E-state index < -0.39 is 36.4 Å². The zero-order valence-corrected chi connectivity index (χ0v) is 10.2. The van der Waals surface area contributed by atoms with Crippen molar-refractivity contribution < 1.29 is 34.8 Å². The molecule has 0 aromatic heterocycles. The molecule has 0 heterocycles. The molecule has 0 aliphatic carbocycles. The first kappa shape index (κ1) is 15.7. The Bertz CT molecular complexity index is 233. The number of carboxylic acid groups (broad SMARTS) is 3. The quantitative estimate of drug-likeness (QED) is 0.533. The van der Waals surface area contributed by atoms with Crippen LogP contribution in [0.3, 0.4) is 0 Å². The van der Waals surface area contributed by atoms with Gasteiger partial charge in [-0.3, -0.25) is 0 Å². The average Bonchev–Trinajstić information content (AvgIpc) is 1.82. The van der Waals surface area contributed by atoms with Crippen molar-refractivity contribution >= 4 is 43.8 Å². The summed E-state index contributed by atoms with van der Waals surface area (Å²) < 4.78 is 0. The van der Waals surface area contributed by atoms with Gasteiger partial charge in [0.15, 0.2) is 0 Å². The summed E-state index contributed by atoms with van der Waals surface area (Å²) >= 11 is 0. The summed E-state index contributed by atoms with van der Waals surface area (Å²) in [6.45, 7) is 0. The van der Waals surface area contributed by atoms with Crippen molar-refractivity contribution in [2.24, 2.45) is 0 Å². The Hall–Kier alpha value is -0.760. The van der Waals surface area contributed by atoms with E-state index in [9.17, 15) is 29.7 Å². The Morgan fingerprint density at radius 2 is 1.29 bits per heavy atom. The number of aliphatic hydroxyl groups is 1. The minimum absolute atomic E-state index is 0. The van der Waals surface area contributed by atoms with Crippen LogP contribution in [0.2, 0.25) is 0 Å². The molecule has 0 amide bonds. The van der Waals surface area contributed by atoms with E-state index in [4.69, 9.17) is 5.11 Å². The van der Waals surface area contributed by atoms with Crippen LogP contribution in [0.15, 0.2) is 0 Å². The molecule has 0 radical (unpaired) electrons. The van der Waals surface area contributed by atoms with Gasteiger partial charge in [0.2, 0.25) is 0 Å². The zero-order valence-electron chi connectivity index (χ0n) is 6.89. The van der Waals surface area contributed by atoms with Gasteiger partial charge in [-0.05, 0) is 0 Å².